The van der Waals surface area contributed by atoms with Crippen LogP contribution in [0.3, 0.4) is 0 Å². The molecule has 1 aromatic rings. The zero-order valence-corrected chi connectivity index (χ0v) is 13.3. The largest absolute Gasteiger partial charge is 0.353 e. The summed E-state index contributed by atoms with van der Waals surface area (Å²) in [6.45, 7) is 4.15. The first-order chi connectivity index (χ1) is 10.7. The van der Waals surface area contributed by atoms with Crippen LogP contribution in [0.1, 0.15) is 56.3 Å². The molecule has 2 rings (SSSR count). The zero-order chi connectivity index (χ0) is 15.9. The lowest BCUT2D eigenvalue weighted by atomic mass is 10.0. The molecule has 2 atom stereocenters. The summed E-state index contributed by atoms with van der Waals surface area (Å²) >= 11 is 0. The molecular weight excluding hydrogens is 278 g/mol. The summed E-state index contributed by atoms with van der Waals surface area (Å²) in [6, 6.07) is 3.52. The van der Waals surface area contributed by atoms with Gasteiger partial charge in [0.15, 0.2) is 0 Å². The number of nitrogens with zero attached hydrogens (tertiary/aromatic N) is 1. The Labute approximate surface area is 131 Å². The van der Waals surface area contributed by atoms with E-state index in [-0.39, 0.29) is 29.8 Å². The van der Waals surface area contributed by atoms with Crippen molar-refractivity contribution in [3.63, 3.8) is 0 Å². The molecule has 1 saturated carbocycles. The molecule has 0 unspecified atom stereocenters. The fraction of sp³-hybridized carbons (Fsp3) is 0.588. The van der Waals surface area contributed by atoms with E-state index in [1.165, 1.54) is 0 Å². The Balaban J connectivity index is 1.95. The predicted molar refractivity (Wildman–Crippen MR) is 85.3 cm³/mol. The van der Waals surface area contributed by atoms with Crippen molar-refractivity contribution >= 4 is 11.8 Å². The van der Waals surface area contributed by atoms with Crippen LogP contribution in [0.4, 0.5) is 0 Å². The maximum Gasteiger partial charge on any atom is 0.251 e. The summed E-state index contributed by atoms with van der Waals surface area (Å²) in [5, 5.41) is 6.11. The van der Waals surface area contributed by atoms with E-state index in [4.69, 9.17) is 0 Å². The fourth-order valence-electron chi connectivity index (χ4n) is 3.00. The average Bonchev–Trinajstić information content (AvgIpc) is 3.01. The molecule has 0 aliphatic heterocycles. The molecule has 1 fully saturated rings. The third-order valence-electron chi connectivity index (χ3n) is 4.44. The molecule has 120 valence electrons. The quantitative estimate of drug-likeness (QED) is 0.847. The second-order valence-electron chi connectivity index (χ2n) is 5.88. The van der Waals surface area contributed by atoms with Crippen molar-refractivity contribution in [1.29, 1.82) is 0 Å². The van der Waals surface area contributed by atoms with Crippen molar-refractivity contribution in [2.24, 2.45) is 5.92 Å². The maximum atomic E-state index is 12.4. The predicted octanol–water partition coefficient (Wildman–Crippen LogP) is 2.28. The van der Waals surface area contributed by atoms with Gasteiger partial charge in [-0.3, -0.25) is 14.6 Å². The minimum absolute atomic E-state index is 0.0740. The van der Waals surface area contributed by atoms with Crippen LogP contribution < -0.4 is 10.6 Å². The lowest BCUT2D eigenvalue weighted by Gasteiger charge is -2.23. The minimum Gasteiger partial charge on any atom is -0.353 e. The van der Waals surface area contributed by atoms with Crippen LogP contribution in [0.15, 0.2) is 24.5 Å². The standard InChI is InChI=1S/C17H25N3O2/c1-3-13(4-2)19-17(22)14-6-5-7-15(14)20-16(21)12-8-10-18-11-9-12/h8-11,13-15H,3-7H2,1-2H3,(H,19,22)(H,20,21)/t14-,15+/m0/s1. The van der Waals surface area contributed by atoms with Gasteiger partial charge in [-0.05, 0) is 37.8 Å². The van der Waals surface area contributed by atoms with Crippen molar-refractivity contribution in [3.8, 4) is 0 Å². The summed E-state index contributed by atoms with van der Waals surface area (Å²) in [4.78, 5) is 28.6. The van der Waals surface area contributed by atoms with E-state index in [1.807, 2.05) is 0 Å². The second kappa shape index (κ2) is 7.92. The van der Waals surface area contributed by atoms with Gasteiger partial charge in [-0.1, -0.05) is 20.3 Å². The molecule has 0 aromatic carbocycles. The van der Waals surface area contributed by atoms with Gasteiger partial charge in [0.05, 0.1) is 5.92 Å². The van der Waals surface area contributed by atoms with Crippen molar-refractivity contribution in [3.05, 3.63) is 30.1 Å². The maximum absolute atomic E-state index is 12.4. The molecular formula is C17H25N3O2. The van der Waals surface area contributed by atoms with Crippen LogP contribution in [0.2, 0.25) is 0 Å². The molecule has 1 heterocycles. The first kappa shape index (κ1) is 16.5. The Morgan fingerprint density at radius 1 is 1.23 bits per heavy atom. The number of nitrogens with one attached hydrogen (secondary N) is 2. The normalized spacial score (nSPS) is 20.9. The lowest BCUT2D eigenvalue weighted by Crippen LogP contribution is -2.46. The number of pyridine rings is 1. The molecule has 22 heavy (non-hydrogen) atoms. The molecule has 5 nitrogen and oxygen atoms in total. The second-order valence-corrected chi connectivity index (χ2v) is 5.88. The van der Waals surface area contributed by atoms with Gasteiger partial charge in [0.1, 0.15) is 0 Å². The lowest BCUT2D eigenvalue weighted by molar-refractivity contribution is -0.126. The SMILES string of the molecule is CCC(CC)NC(=O)[C@H]1CCC[C@H]1NC(=O)c1ccncc1. The van der Waals surface area contributed by atoms with Crippen LogP contribution in [0.5, 0.6) is 0 Å². The third-order valence-corrected chi connectivity index (χ3v) is 4.44. The number of rotatable bonds is 6. The fourth-order valence-corrected chi connectivity index (χ4v) is 3.00. The first-order valence-corrected chi connectivity index (χ1v) is 8.17. The van der Waals surface area contributed by atoms with Gasteiger partial charge in [-0.15, -0.1) is 0 Å². The number of hydrogen-bond acceptors (Lipinski definition) is 3. The van der Waals surface area contributed by atoms with E-state index in [1.54, 1.807) is 24.5 Å². The molecule has 1 aliphatic carbocycles. The van der Waals surface area contributed by atoms with Gasteiger partial charge in [-0.2, -0.15) is 0 Å². The van der Waals surface area contributed by atoms with Gasteiger partial charge in [0.2, 0.25) is 5.91 Å². The molecule has 0 saturated heterocycles. The van der Waals surface area contributed by atoms with E-state index < -0.39 is 0 Å². The van der Waals surface area contributed by atoms with Crippen LogP contribution in [-0.2, 0) is 4.79 Å². The summed E-state index contributed by atoms with van der Waals surface area (Å²) in [6.07, 6.45) is 7.74. The molecule has 5 heteroatoms. The minimum atomic E-state index is -0.130. The Morgan fingerprint density at radius 2 is 1.91 bits per heavy atom. The smallest absolute Gasteiger partial charge is 0.251 e. The van der Waals surface area contributed by atoms with Gasteiger partial charge < -0.3 is 10.6 Å². The van der Waals surface area contributed by atoms with Crippen LogP contribution >= 0.6 is 0 Å². The highest BCUT2D eigenvalue weighted by atomic mass is 16.2. The van der Waals surface area contributed by atoms with Gasteiger partial charge in [0, 0.05) is 30.0 Å². The Morgan fingerprint density at radius 3 is 2.55 bits per heavy atom. The highest BCUT2D eigenvalue weighted by Gasteiger charge is 2.34. The van der Waals surface area contributed by atoms with Crippen molar-refractivity contribution in [2.75, 3.05) is 0 Å². The van der Waals surface area contributed by atoms with Crippen molar-refractivity contribution in [1.82, 2.24) is 15.6 Å². The highest BCUT2D eigenvalue weighted by Crippen LogP contribution is 2.26. The summed E-state index contributed by atoms with van der Waals surface area (Å²) in [5.74, 6) is -0.174. The van der Waals surface area contributed by atoms with Gasteiger partial charge in [-0.25, -0.2) is 0 Å². The Bertz CT molecular complexity index is 500. The summed E-state index contributed by atoms with van der Waals surface area (Å²) < 4.78 is 0. The number of carbonyl (C=O) groups is 2. The number of carbonyl (C=O) groups excluding carboxylic acids is 2. The summed E-state index contributed by atoms with van der Waals surface area (Å²) in [5.41, 5.74) is 0.584. The van der Waals surface area contributed by atoms with E-state index >= 15 is 0 Å². The van der Waals surface area contributed by atoms with E-state index in [0.717, 1.165) is 32.1 Å². The van der Waals surface area contributed by atoms with E-state index in [9.17, 15) is 9.59 Å². The van der Waals surface area contributed by atoms with Crippen LogP contribution in [-0.4, -0.2) is 28.9 Å². The molecule has 0 spiro atoms. The van der Waals surface area contributed by atoms with Crippen LogP contribution in [0, 0.1) is 5.92 Å². The van der Waals surface area contributed by atoms with Gasteiger partial charge in [0.25, 0.3) is 5.91 Å². The van der Waals surface area contributed by atoms with Crippen molar-refractivity contribution < 1.29 is 9.59 Å². The first-order valence-electron chi connectivity index (χ1n) is 8.17. The Hall–Kier alpha value is -1.91. The molecule has 1 aliphatic rings. The number of amides is 2. The number of hydrogen-bond donors (Lipinski definition) is 2. The van der Waals surface area contributed by atoms with Crippen molar-refractivity contribution in [2.45, 2.75) is 58.0 Å². The Kier molecular flexibility index (Phi) is 5.92. The van der Waals surface area contributed by atoms with Gasteiger partial charge >= 0.3 is 0 Å². The molecule has 0 radical (unpaired) electrons. The third kappa shape index (κ3) is 4.06. The zero-order valence-electron chi connectivity index (χ0n) is 13.3. The van der Waals surface area contributed by atoms with E-state index in [2.05, 4.69) is 29.5 Å². The molecule has 2 amide bonds. The molecule has 2 N–H and O–H groups in total. The number of aromatic nitrogens is 1. The summed E-state index contributed by atoms with van der Waals surface area (Å²) in [7, 11) is 0. The van der Waals surface area contributed by atoms with Crippen LogP contribution in [0.25, 0.3) is 0 Å². The highest BCUT2D eigenvalue weighted by molar-refractivity contribution is 5.94. The topological polar surface area (TPSA) is 71.1 Å². The average molecular weight is 303 g/mol. The monoisotopic (exact) mass is 303 g/mol. The molecule has 1 aromatic heterocycles. The van der Waals surface area contributed by atoms with E-state index in [0.29, 0.717) is 5.56 Å². The molecule has 0 bridgehead atoms.